The topological polar surface area (TPSA) is 83.6 Å². The van der Waals surface area contributed by atoms with Crippen molar-refractivity contribution in [3.63, 3.8) is 0 Å². The van der Waals surface area contributed by atoms with Gasteiger partial charge in [-0.05, 0) is 25.1 Å². The minimum Gasteiger partial charge on any atom is -0.368 e. The first-order chi connectivity index (χ1) is 9.59. The summed E-state index contributed by atoms with van der Waals surface area (Å²) in [6.07, 6.45) is 2.17. The largest absolute Gasteiger partial charge is 0.368 e. The molecule has 21 heavy (non-hydrogen) atoms. The summed E-state index contributed by atoms with van der Waals surface area (Å²) in [7, 11) is -6.95. The van der Waals surface area contributed by atoms with Gasteiger partial charge in [-0.15, -0.1) is 0 Å². The number of nitrogens with one attached hydrogen (secondary N) is 1. The van der Waals surface area contributed by atoms with Gasteiger partial charge < -0.3 is 10.2 Å². The number of piperazine rings is 1. The molecule has 1 heterocycles. The molecule has 0 saturated carbocycles. The van der Waals surface area contributed by atoms with Crippen molar-refractivity contribution in [2.45, 2.75) is 22.8 Å². The third kappa shape index (κ3) is 3.75. The molecule has 1 aliphatic rings. The molecule has 1 aliphatic heterocycles. The number of benzene rings is 1. The number of hydrogen-bond acceptors (Lipinski definition) is 6. The van der Waals surface area contributed by atoms with E-state index in [4.69, 9.17) is 0 Å². The standard InChI is InChI=1S/C13H20N2O4S2/c1-10-9-15(7-6-14-10)12-5-4-11(20(2,16)17)8-13(12)21(3,18)19/h4-5,8,10,14H,6-7,9H2,1-3H3/t10-/m0/s1. The van der Waals surface area contributed by atoms with Crippen molar-refractivity contribution in [1.82, 2.24) is 5.32 Å². The molecule has 6 nitrogen and oxygen atoms in total. The molecule has 1 aromatic rings. The Morgan fingerprint density at radius 3 is 2.33 bits per heavy atom. The van der Waals surface area contributed by atoms with E-state index in [1.54, 1.807) is 6.07 Å². The van der Waals surface area contributed by atoms with Crippen LogP contribution in [0.15, 0.2) is 28.0 Å². The molecule has 0 amide bonds. The van der Waals surface area contributed by atoms with Crippen LogP contribution in [0.25, 0.3) is 0 Å². The van der Waals surface area contributed by atoms with Gasteiger partial charge in [0.25, 0.3) is 0 Å². The van der Waals surface area contributed by atoms with Gasteiger partial charge in [0.2, 0.25) is 0 Å². The van der Waals surface area contributed by atoms with Crippen LogP contribution >= 0.6 is 0 Å². The molecule has 0 spiro atoms. The molecule has 0 aromatic heterocycles. The molecule has 8 heteroatoms. The molecule has 1 saturated heterocycles. The second-order valence-electron chi connectivity index (χ2n) is 5.48. The third-order valence-electron chi connectivity index (χ3n) is 3.47. The Bertz CT molecular complexity index is 741. The van der Waals surface area contributed by atoms with E-state index in [-0.39, 0.29) is 15.8 Å². The van der Waals surface area contributed by atoms with Gasteiger partial charge in [0.05, 0.1) is 15.5 Å². The first-order valence-electron chi connectivity index (χ1n) is 6.61. The molecule has 0 bridgehead atoms. The number of rotatable bonds is 3. The first kappa shape index (κ1) is 16.3. The lowest BCUT2D eigenvalue weighted by molar-refractivity contribution is 0.482. The zero-order valence-corrected chi connectivity index (χ0v) is 14.0. The van der Waals surface area contributed by atoms with Crippen molar-refractivity contribution < 1.29 is 16.8 Å². The summed E-state index contributed by atoms with van der Waals surface area (Å²) in [5.74, 6) is 0. The Labute approximate surface area is 126 Å². The van der Waals surface area contributed by atoms with Crippen LogP contribution in [0, 0.1) is 0 Å². The van der Waals surface area contributed by atoms with E-state index in [2.05, 4.69) is 5.32 Å². The molecular weight excluding hydrogens is 312 g/mol. The van der Waals surface area contributed by atoms with Gasteiger partial charge in [-0.3, -0.25) is 0 Å². The van der Waals surface area contributed by atoms with Gasteiger partial charge in [-0.2, -0.15) is 0 Å². The highest BCUT2D eigenvalue weighted by atomic mass is 32.2. The van der Waals surface area contributed by atoms with Crippen LogP contribution in [-0.4, -0.2) is 55.0 Å². The van der Waals surface area contributed by atoms with Crippen molar-refractivity contribution in [3.05, 3.63) is 18.2 Å². The monoisotopic (exact) mass is 332 g/mol. The summed E-state index contributed by atoms with van der Waals surface area (Å²) in [4.78, 5) is 2.07. The van der Waals surface area contributed by atoms with Crippen LogP contribution in [0.5, 0.6) is 0 Å². The average Bonchev–Trinajstić information content (AvgIpc) is 2.36. The van der Waals surface area contributed by atoms with Gasteiger partial charge in [0.1, 0.15) is 0 Å². The fraction of sp³-hybridized carbons (Fsp3) is 0.538. The SMILES string of the molecule is C[C@H]1CN(c2ccc(S(C)(=O)=O)cc2S(C)(=O)=O)CCN1. The predicted octanol–water partition coefficient (Wildman–Crippen LogP) is 0.292. The van der Waals surface area contributed by atoms with Gasteiger partial charge in [-0.1, -0.05) is 0 Å². The van der Waals surface area contributed by atoms with E-state index < -0.39 is 19.7 Å². The quantitative estimate of drug-likeness (QED) is 0.857. The summed E-state index contributed by atoms with van der Waals surface area (Å²) < 4.78 is 47.3. The van der Waals surface area contributed by atoms with Gasteiger partial charge >= 0.3 is 0 Å². The second-order valence-corrected chi connectivity index (χ2v) is 9.47. The van der Waals surface area contributed by atoms with Crippen molar-refractivity contribution >= 4 is 25.4 Å². The molecular formula is C13H20N2O4S2. The predicted molar refractivity (Wildman–Crippen MR) is 82.3 cm³/mol. The molecule has 118 valence electrons. The summed E-state index contributed by atoms with van der Waals surface area (Å²) in [6, 6.07) is 4.56. The summed E-state index contributed by atoms with van der Waals surface area (Å²) >= 11 is 0. The van der Waals surface area contributed by atoms with Gasteiger partial charge in [0, 0.05) is 38.2 Å². The molecule has 1 fully saturated rings. The van der Waals surface area contributed by atoms with Gasteiger partial charge in [0.15, 0.2) is 19.7 Å². The third-order valence-corrected chi connectivity index (χ3v) is 5.70. The Balaban J connectivity index is 2.56. The fourth-order valence-electron chi connectivity index (χ4n) is 2.43. The highest BCUT2D eigenvalue weighted by Gasteiger charge is 2.24. The molecule has 0 unspecified atom stereocenters. The van der Waals surface area contributed by atoms with E-state index in [0.717, 1.165) is 19.1 Å². The Kier molecular flexibility index (Phi) is 4.32. The molecule has 1 aromatic carbocycles. The normalized spacial score (nSPS) is 20.5. The zero-order chi connectivity index (χ0) is 15.8. The molecule has 2 rings (SSSR count). The lowest BCUT2D eigenvalue weighted by atomic mass is 10.2. The molecule has 0 radical (unpaired) electrons. The van der Waals surface area contributed by atoms with Gasteiger partial charge in [-0.25, -0.2) is 16.8 Å². The minimum absolute atomic E-state index is 0.0230. The number of sulfone groups is 2. The van der Waals surface area contributed by atoms with Crippen molar-refractivity contribution in [2.75, 3.05) is 37.0 Å². The highest BCUT2D eigenvalue weighted by molar-refractivity contribution is 7.91. The van der Waals surface area contributed by atoms with E-state index in [0.29, 0.717) is 18.8 Å². The minimum atomic E-state index is -3.51. The second kappa shape index (κ2) is 5.58. The maximum Gasteiger partial charge on any atom is 0.177 e. The van der Waals surface area contributed by atoms with Crippen LogP contribution in [0.3, 0.4) is 0 Å². The van der Waals surface area contributed by atoms with Crippen LogP contribution in [0.4, 0.5) is 5.69 Å². The first-order valence-corrected chi connectivity index (χ1v) is 10.4. The van der Waals surface area contributed by atoms with Crippen molar-refractivity contribution in [2.24, 2.45) is 0 Å². The summed E-state index contributed by atoms with van der Waals surface area (Å²) in [6.45, 7) is 4.15. The summed E-state index contributed by atoms with van der Waals surface area (Å²) in [5, 5.41) is 3.29. The number of anilines is 1. The number of hydrogen-bond donors (Lipinski definition) is 1. The van der Waals surface area contributed by atoms with E-state index in [1.165, 1.54) is 12.1 Å². The fourth-order valence-corrected chi connectivity index (χ4v) is 4.07. The van der Waals surface area contributed by atoms with Crippen LogP contribution in [0.2, 0.25) is 0 Å². The lowest BCUT2D eigenvalue weighted by Gasteiger charge is -2.34. The summed E-state index contributed by atoms with van der Waals surface area (Å²) in [5.41, 5.74) is 0.568. The maximum absolute atomic E-state index is 12.0. The smallest absolute Gasteiger partial charge is 0.177 e. The van der Waals surface area contributed by atoms with Crippen LogP contribution < -0.4 is 10.2 Å². The van der Waals surface area contributed by atoms with Crippen LogP contribution in [0.1, 0.15) is 6.92 Å². The molecule has 1 atom stereocenters. The number of nitrogens with zero attached hydrogens (tertiary/aromatic N) is 1. The Morgan fingerprint density at radius 1 is 1.14 bits per heavy atom. The van der Waals surface area contributed by atoms with Crippen molar-refractivity contribution in [1.29, 1.82) is 0 Å². The molecule has 0 aliphatic carbocycles. The Morgan fingerprint density at radius 2 is 1.81 bits per heavy atom. The van der Waals surface area contributed by atoms with E-state index in [1.807, 2.05) is 11.8 Å². The average molecular weight is 332 g/mol. The van der Waals surface area contributed by atoms with Crippen molar-refractivity contribution in [3.8, 4) is 0 Å². The highest BCUT2D eigenvalue weighted by Crippen LogP contribution is 2.29. The maximum atomic E-state index is 12.0. The van der Waals surface area contributed by atoms with E-state index in [9.17, 15) is 16.8 Å². The molecule has 1 N–H and O–H groups in total. The zero-order valence-electron chi connectivity index (χ0n) is 12.3. The van der Waals surface area contributed by atoms with Crippen LogP contribution in [-0.2, 0) is 19.7 Å². The lowest BCUT2D eigenvalue weighted by Crippen LogP contribution is -2.49. The van der Waals surface area contributed by atoms with E-state index >= 15 is 0 Å². The Hall–Kier alpha value is -1.12.